The Labute approximate surface area is 122 Å². The van der Waals surface area contributed by atoms with Crippen molar-refractivity contribution in [2.45, 2.75) is 52.6 Å². The van der Waals surface area contributed by atoms with Crippen LogP contribution in [0.5, 0.6) is 0 Å². The first kappa shape index (κ1) is 16.7. The molecular weight excluding hydrogens is 250 g/mol. The van der Waals surface area contributed by atoms with Gasteiger partial charge in [-0.25, -0.2) is 0 Å². The molecule has 0 spiro atoms. The third-order valence-electron chi connectivity index (χ3n) is 3.31. The van der Waals surface area contributed by atoms with E-state index in [-0.39, 0.29) is 23.5 Å². The minimum Gasteiger partial charge on any atom is -0.468 e. The summed E-state index contributed by atoms with van der Waals surface area (Å²) in [6.45, 7) is 8.63. The number of hydrogen-bond donors (Lipinski definition) is 1. The van der Waals surface area contributed by atoms with Gasteiger partial charge in [0.2, 0.25) is 0 Å². The molecule has 0 bridgehead atoms. The lowest BCUT2D eigenvalue weighted by molar-refractivity contribution is -0.143. The van der Waals surface area contributed by atoms with Gasteiger partial charge in [0.15, 0.2) is 0 Å². The van der Waals surface area contributed by atoms with Gasteiger partial charge < -0.3 is 4.74 Å². The number of hydrogen-bond acceptors (Lipinski definition) is 3. The van der Waals surface area contributed by atoms with Crippen molar-refractivity contribution in [3.63, 3.8) is 0 Å². The summed E-state index contributed by atoms with van der Waals surface area (Å²) >= 11 is 0. The summed E-state index contributed by atoms with van der Waals surface area (Å²) in [6.07, 6.45) is 1.69. The van der Waals surface area contributed by atoms with Crippen molar-refractivity contribution in [3.05, 3.63) is 35.9 Å². The van der Waals surface area contributed by atoms with Crippen molar-refractivity contribution < 1.29 is 9.53 Å². The lowest BCUT2D eigenvalue weighted by atomic mass is 9.85. The quantitative estimate of drug-likeness (QED) is 0.806. The molecule has 0 saturated carbocycles. The predicted molar refractivity (Wildman–Crippen MR) is 82.5 cm³/mol. The fourth-order valence-electron chi connectivity index (χ4n) is 2.31. The van der Waals surface area contributed by atoms with Crippen LogP contribution in [-0.2, 0) is 9.53 Å². The average molecular weight is 277 g/mol. The zero-order valence-electron chi connectivity index (χ0n) is 13.3. The Balaban J connectivity index is 2.91. The number of benzene rings is 1. The summed E-state index contributed by atoms with van der Waals surface area (Å²) in [6, 6.07) is 10.2. The summed E-state index contributed by atoms with van der Waals surface area (Å²) in [5, 5.41) is 3.45. The molecule has 3 nitrogen and oxygen atoms in total. The largest absolute Gasteiger partial charge is 0.468 e. The highest BCUT2D eigenvalue weighted by atomic mass is 16.5. The molecule has 1 N–H and O–H groups in total. The van der Waals surface area contributed by atoms with Crippen LogP contribution in [0, 0.1) is 5.41 Å². The van der Waals surface area contributed by atoms with E-state index in [9.17, 15) is 4.79 Å². The van der Waals surface area contributed by atoms with Crippen molar-refractivity contribution in [1.82, 2.24) is 5.32 Å². The minimum absolute atomic E-state index is 0.153. The van der Waals surface area contributed by atoms with Crippen LogP contribution in [0.25, 0.3) is 0 Å². The molecule has 2 atom stereocenters. The Hall–Kier alpha value is -1.35. The fourth-order valence-corrected chi connectivity index (χ4v) is 2.31. The van der Waals surface area contributed by atoms with E-state index in [4.69, 9.17) is 4.74 Å². The molecule has 0 fully saturated rings. The highest BCUT2D eigenvalue weighted by molar-refractivity contribution is 5.75. The molecule has 0 aliphatic rings. The lowest BCUT2D eigenvalue weighted by Gasteiger charge is -2.30. The van der Waals surface area contributed by atoms with E-state index in [1.807, 2.05) is 25.1 Å². The topological polar surface area (TPSA) is 38.3 Å². The van der Waals surface area contributed by atoms with Gasteiger partial charge in [0, 0.05) is 6.04 Å². The van der Waals surface area contributed by atoms with Gasteiger partial charge in [-0.1, -0.05) is 58.0 Å². The van der Waals surface area contributed by atoms with Gasteiger partial charge in [-0.3, -0.25) is 10.1 Å². The van der Waals surface area contributed by atoms with Crippen LogP contribution < -0.4 is 5.32 Å². The molecule has 1 aromatic rings. The maximum Gasteiger partial charge on any atom is 0.322 e. The van der Waals surface area contributed by atoms with E-state index in [0.717, 1.165) is 12.8 Å². The van der Waals surface area contributed by atoms with E-state index in [1.165, 1.54) is 12.7 Å². The van der Waals surface area contributed by atoms with Crippen molar-refractivity contribution in [2.75, 3.05) is 7.11 Å². The Morgan fingerprint density at radius 1 is 1.25 bits per heavy atom. The number of carbonyl (C=O) groups excluding carboxylic acids is 1. The molecule has 0 amide bonds. The molecule has 3 heteroatoms. The summed E-state index contributed by atoms with van der Waals surface area (Å²) < 4.78 is 4.87. The summed E-state index contributed by atoms with van der Waals surface area (Å²) in [5.41, 5.74) is 1.40. The number of nitrogens with one attached hydrogen (secondary N) is 1. The van der Waals surface area contributed by atoms with Crippen molar-refractivity contribution >= 4 is 5.97 Å². The monoisotopic (exact) mass is 277 g/mol. The van der Waals surface area contributed by atoms with E-state index in [2.05, 4.69) is 38.2 Å². The SMILES string of the molecule is CCC(NC(CC(C)(C)C)c1ccccc1)C(=O)OC. The van der Waals surface area contributed by atoms with Gasteiger partial charge in [0.05, 0.1) is 7.11 Å². The third-order valence-corrected chi connectivity index (χ3v) is 3.31. The first-order chi connectivity index (χ1) is 9.37. The van der Waals surface area contributed by atoms with Gasteiger partial charge in [0.1, 0.15) is 6.04 Å². The maximum absolute atomic E-state index is 11.8. The Bertz CT molecular complexity index is 409. The Morgan fingerprint density at radius 2 is 1.85 bits per heavy atom. The molecule has 112 valence electrons. The highest BCUT2D eigenvalue weighted by Gasteiger charge is 2.25. The molecule has 0 aliphatic carbocycles. The predicted octanol–water partition coefficient (Wildman–Crippen LogP) is 3.71. The van der Waals surface area contributed by atoms with Crippen LogP contribution >= 0.6 is 0 Å². The van der Waals surface area contributed by atoms with Crippen molar-refractivity contribution in [2.24, 2.45) is 5.41 Å². The van der Waals surface area contributed by atoms with Crippen LogP contribution in [0.4, 0.5) is 0 Å². The second-order valence-corrected chi connectivity index (χ2v) is 6.38. The van der Waals surface area contributed by atoms with Gasteiger partial charge in [-0.05, 0) is 23.8 Å². The van der Waals surface area contributed by atoms with E-state index in [1.54, 1.807) is 0 Å². The lowest BCUT2D eigenvalue weighted by Crippen LogP contribution is -2.40. The van der Waals surface area contributed by atoms with Crippen LogP contribution in [0.3, 0.4) is 0 Å². The molecule has 0 radical (unpaired) electrons. The molecular formula is C17H27NO2. The third kappa shape index (κ3) is 5.33. The number of ether oxygens (including phenoxy) is 1. The zero-order valence-corrected chi connectivity index (χ0v) is 13.3. The zero-order chi connectivity index (χ0) is 15.2. The van der Waals surface area contributed by atoms with Crippen molar-refractivity contribution in [3.8, 4) is 0 Å². The molecule has 0 aromatic heterocycles. The van der Waals surface area contributed by atoms with Gasteiger partial charge in [-0.15, -0.1) is 0 Å². The molecule has 0 saturated heterocycles. The number of rotatable bonds is 6. The smallest absolute Gasteiger partial charge is 0.322 e. The first-order valence-corrected chi connectivity index (χ1v) is 7.26. The Kier molecular flexibility index (Phi) is 6.21. The van der Waals surface area contributed by atoms with Crippen LogP contribution in [-0.4, -0.2) is 19.1 Å². The number of carbonyl (C=O) groups is 1. The summed E-state index contributed by atoms with van der Waals surface area (Å²) in [5.74, 6) is -0.192. The maximum atomic E-state index is 11.8. The van der Waals surface area contributed by atoms with Crippen molar-refractivity contribution in [1.29, 1.82) is 0 Å². The summed E-state index contributed by atoms with van der Waals surface area (Å²) in [4.78, 5) is 11.8. The highest BCUT2D eigenvalue weighted by Crippen LogP contribution is 2.30. The molecule has 20 heavy (non-hydrogen) atoms. The molecule has 0 aliphatic heterocycles. The minimum atomic E-state index is -0.257. The van der Waals surface area contributed by atoms with Gasteiger partial charge >= 0.3 is 5.97 Å². The molecule has 2 unspecified atom stereocenters. The fraction of sp³-hybridized carbons (Fsp3) is 0.588. The number of esters is 1. The Morgan fingerprint density at radius 3 is 2.30 bits per heavy atom. The molecule has 1 aromatic carbocycles. The average Bonchev–Trinajstić information content (AvgIpc) is 2.42. The standard InChI is InChI=1S/C17H27NO2/c1-6-14(16(19)20-5)18-15(12-17(2,3)4)13-10-8-7-9-11-13/h7-11,14-15,18H,6,12H2,1-5H3. The normalized spacial score (nSPS) is 14.7. The van der Waals surface area contributed by atoms with E-state index in [0.29, 0.717) is 0 Å². The van der Waals surface area contributed by atoms with Crippen LogP contribution in [0.2, 0.25) is 0 Å². The van der Waals surface area contributed by atoms with Crippen LogP contribution in [0.1, 0.15) is 52.1 Å². The second-order valence-electron chi connectivity index (χ2n) is 6.38. The number of methoxy groups -OCH3 is 1. The summed E-state index contributed by atoms with van der Waals surface area (Å²) in [7, 11) is 1.44. The molecule has 1 rings (SSSR count). The second kappa shape index (κ2) is 7.44. The van der Waals surface area contributed by atoms with E-state index >= 15 is 0 Å². The van der Waals surface area contributed by atoms with Gasteiger partial charge in [0.25, 0.3) is 0 Å². The first-order valence-electron chi connectivity index (χ1n) is 7.26. The molecule has 0 heterocycles. The van der Waals surface area contributed by atoms with Gasteiger partial charge in [-0.2, -0.15) is 0 Å². The van der Waals surface area contributed by atoms with E-state index < -0.39 is 0 Å². The van der Waals surface area contributed by atoms with Crippen LogP contribution in [0.15, 0.2) is 30.3 Å².